The van der Waals surface area contributed by atoms with E-state index in [0.717, 1.165) is 31.7 Å². The summed E-state index contributed by atoms with van der Waals surface area (Å²) in [5.41, 5.74) is 0. The zero-order valence-electron chi connectivity index (χ0n) is 10.7. The van der Waals surface area contributed by atoms with Crippen LogP contribution < -0.4 is 4.90 Å². The third kappa shape index (κ3) is 2.90. The second kappa shape index (κ2) is 5.52. The first-order valence-corrected chi connectivity index (χ1v) is 6.50. The quantitative estimate of drug-likeness (QED) is 0.760. The minimum atomic E-state index is 0.111. The SMILES string of the molecule is CCc1nc(Cl)cc(N2CCCN(C)C(=O)C2)n1. The molecule has 98 valence electrons. The smallest absolute Gasteiger partial charge is 0.241 e. The van der Waals surface area contributed by atoms with Gasteiger partial charge in [-0.15, -0.1) is 0 Å². The number of nitrogens with zero attached hydrogens (tertiary/aromatic N) is 4. The number of likely N-dealkylation sites (N-methyl/N-ethyl adjacent to an activating group) is 1. The number of anilines is 1. The summed E-state index contributed by atoms with van der Waals surface area (Å²) in [5.74, 6) is 1.57. The molecule has 0 saturated carbocycles. The predicted octanol–water partition coefficient (Wildman–Crippen LogP) is 1.36. The minimum Gasteiger partial charge on any atom is -0.347 e. The molecule has 2 rings (SSSR count). The van der Waals surface area contributed by atoms with Gasteiger partial charge in [0.1, 0.15) is 16.8 Å². The van der Waals surface area contributed by atoms with Gasteiger partial charge in [0, 0.05) is 32.6 Å². The number of hydrogen-bond donors (Lipinski definition) is 0. The average Bonchev–Trinajstić information content (AvgIpc) is 2.51. The molecule has 6 heteroatoms. The number of hydrogen-bond acceptors (Lipinski definition) is 4. The van der Waals surface area contributed by atoms with Crippen LogP contribution in [0.15, 0.2) is 6.07 Å². The molecule has 1 aromatic heterocycles. The second-order valence-electron chi connectivity index (χ2n) is 4.41. The van der Waals surface area contributed by atoms with Crippen molar-refractivity contribution in [1.29, 1.82) is 0 Å². The zero-order valence-corrected chi connectivity index (χ0v) is 11.4. The van der Waals surface area contributed by atoms with Crippen LogP contribution in [0.5, 0.6) is 0 Å². The van der Waals surface area contributed by atoms with Crippen LogP contribution in [0.3, 0.4) is 0 Å². The Morgan fingerprint density at radius 3 is 2.89 bits per heavy atom. The van der Waals surface area contributed by atoms with Crippen molar-refractivity contribution in [3.05, 3.63) is 17.0 Å². The Hall–Kier alpha value is -1.36. The highest BCUT2D eigenvalue weighted by Crippen LogP contribution is 2.18. The topological polar surface area (TPSA) is 49.3 Å². The standard InChI is InChI=1S/C12H17ClN4O/c1-3-10-14-9(13)7-11(15-10)17-6-4-5-16(2)12(18)8-17/h7H,3-6,8H2,1-2H3. The van der Waals surface area contributed by atoms with Crippen LogP contribution in [-0.4, -0.2) is 47.5 Å². The van der Waals surface area contributed by atoms with E-state index in [4.69, 9.17) is 11.6 Å². The summed E-state index contributed by atoms with van der Waals surface area (Å²) < 4.78 is 0. The fraction of sp³-hybridized carbons (Fsp3) is 0.583. The van der Waals surface area contributed by atoms with Crippen molar-refractivity contribution in [3.8, 4) is 0 Å². The molecule has 0 atom stereocenters. The van der Waals surface area contributed by atoms with Crippen LogP contribution >= 0.6 is 11.6 Å². The van der Waals surface area contributed by atoms with E-state index in [9.17, 15) is 4.79 Å². The summed E-state index contributed by atoms with van der Waals surface area (Å²) >= 11 is 5.98. The number of halogens is 1. The Balaban J connectivity index is 2.24. The normalized spacial score (nSPS) is 16.9. The van der Waals surface area contributed by atoms with E-state index in [1.165, 1.54) is 0 Å². The van der Waals surface area contributed by atoms with E-state index >= 15 is 0 Å². The van der Waals surface area contributed by atoms with Gasteiger partial charge in [-0.2, -0.15) is 0 Å². The fourth-order valence-corrected chi connectivity index (χ4v) is 2.15. The zero-order chi connectivity index (χ0) is 13.1. The molecule has 2 heterocycles. The van der Waals surface area contributed by atoms with Gasteiger partial charge in [-0.25, -0.2) is 9.97 Å². The van der Waals surface area contributed by atoms with Gasteiger partial charge >= 0.3 is 0 Å². The van der Waals surface area contributed by atoms with Crippen LogP contribution in [0.2, 0.25) is 5.15 Å². The Bertz CT molecular complexity index is 452. The van der Waals surface area contributed by atoms with E-state index in [1.807, 2.05) is 18.9 Å². The highest BCUT2D eigenvalue weighted by atomic mass is 35.5. The van der Waals surface area contributed by atoms with Crippen molar-refractivity contribution in [2.45, 2.75) is 19.8 Å². The number of aromatic nitrogens is 2. The molecular weight excluding hydrogens is 252 g/mol. The maximum Gasteiger partial charge on any atom is 0.241 e. The summed E-state index contributed by atoms with van der Waals surface area (Å²) in [7, 11) is 1.83. The van der Waals surface area contributed by atoms with Gasteiger partial charge in [-0.05, 0) is 6.42 Å². The van der Waals surface area contributed by atoms with E-state index in [2.05, 4.69) is 9.97 Å². The molecule has 0 radical (unpaired) electrons. The third-order valence-corrected chi connectivity index (χ3v) is 3.23. The van der Waals surface area contributed by atoms with Crippen LogP contribution in [0.4, 0.5) is 5.82 Å². The van der Waals surface area contributed by atoms with Crippen molar-refractivity contribution in [2.75, 3.05) is 31.6 Å². The number of carbonyl (C=O) groups excluding carboxylic acids is 1. The predicted molar refractivity (Wildman–Crippen MR) is 70.9 cm³/mol. The number of carbonyl (C=O) groups is 1. The fourth-order valence-electron chi connectivity index (χ4n) is 1.95. The Morgan fingerprint density at radius 1 is 1.39 bits per heavy atom. The molecule has 18 heavy (non-hydrogen) atoms. The van der Waals surface area contributed by atoms with Gasteiger partial charge < -0.3 is 9.80 Å². The van der Waals surface area contributed by atoms with Gasteiger partial charge in [0.05, 0.1) is 6.54 Å². The number of rotatable bonds is 2. The van der Waals surface area contributed by atoms with Crippen molar-refractivity contribution in [3.63, 3.8) is 0 Å². The molecule has 0 bridgehead atoms. The number of amides is 1. The van der Waals surface area contributed by atoms with Crippen molar-refractivity contribution < 1.29 is 4.79 Å². The molecule has 0 unspecified atom stereocenters. The van der Waals surface area contributed by atoms with Crippen LogP contribution in [-0.2, 0) is 11.2 Å². The Labute approximate surface area is 112 Å². The molecule has 1 amide bonds. The van der Waals surface area contributed by atoms with E-state index in [-0.39, 0.29) is 5.91 Å². The van der Waals surface area contributed by atoms with Crippen molar-refractivity contribution in [2.24, 2.45) is 0 Å². The molecule has 1 fully saturated rings. The van der Waals surface area contributed by atoms with Gasteiger partial charge in [-0.1, -0.05) is 18.5 Å². The molecule has 1 aliphatic rings. The van der Waals surface area contributed by atoms with E-state index in [1.54, 1.807) is 11.0 Å². The molecule has 1 saturated heterocycles. The van der Waals surface area contributed by atoms with Gasteiger partial charge in [-0.3, -0.25) is 4.79 Å². The van der Waals surface area contributed by atoms with Gasteiger partial charge in [0.15, 0.2) is 0 Å². The molecule has 5 nitrogen and oxygen atoms in total. The van der Waals surface area contributed by atoms with E-state index in [0.29, 0.717) is 17.5 Å². The van der Waals surface area contributed by atoms with Crippen LogP contribution in [0.1, 0.15) is 19.2 Å². The van der Waals surface area contributed by atoms with Gasteiger partial charge in [0.25, 0.3) is 0 Å². The maximum atomic E-state index is 11.8. The van der Waals surface area contributed by atoms with Gasteiger partial charge in [0.2, 0.25) is 5.91 Å². The monoisotopic (exact) mass is 268 g/mol. The summed E-state index contributed by atoms with van der Waals surface area (Å²) in [6.45, 7) is 3.94. The Kier molecular flexibility index (Phi) is 4.01. The average molecular weight is 269 g/mol. The summed E-state index contributed by atoms with van der Waals surface area (Å²) in [6.07, 6.45) is 1.67. The maximum absolute atomic E-state index is 11.8. The first kappa shape index (κ1) is 13.1. The molecule has 1 aromatic rings. The van der Waals surface area contributed by atoms with Crippen molar-refractivity contribution in [1.82, 2.24) is 14.9 Å². The Morgan fingerprint density at radius 2 is 2.17 bits per heavy atom. The highest BCUT2D eigenvalue weighted by Gasteiger charge is 2.20. The molecule has 0 N–H and O–H groups in total. The minimum absolute atomic E-state index is 0.111. The molecule has 0 aliphatic carbocycles. The van der Waals surface area contributed by atoms with Crippen LogP contribution in [0, 0.1) is 0 Å². The lowest BCUT2D eigenvalue weighted by Gasteiger charge is -2.21. The molecule has 0 spiro atoms. The lowest BCUT2D eigenvalue weighted by molar-refractivity contribution is -0.127. The highest BCUT2D eigenvalue weighted by molar-refractivity contribution is 6.29. The largest absolute Gasteiger partial charge is 0.347 e. The first-order chi connectivity index (χ1) is 8.60. The summed E-state index contributed by atoms with van der Waals surface area (Å²) in [4.78, 5) is 24.1. The van der Waals surface area contributed by atoms with E-state index < -0.39 is 0 Å². The van der Waals surface area contributed by atoms with Crippen LogP contribution in [0.25, 0.3) is 0 Å². The first-order valence-electron chi connectivity index (χ1n) is 6.12. The third-order valence-electron chi connectivity index (χ3n) is 3.04. The molecule has 1 aliphatic heterocycles. The number of aryl methyl sites for hydroxylation is 1. The molecular formula is C12H17ClN4O. The summed E-state index contributed by atoms with van der Waals surface area (Å²) in [5, 5.41) is 0.432. The lowest BCUT2D eigenvalue weighted by Crippen LogP contribution is -2.34. The van der Waals surface area contributed by atoms with Crippen molar-refractivity contribution >= 4 is 23.3 Å². The molecule has 0 aromatic carbocycles. The lowest BCUT2D eigenvalue weighted by atomic mass is 10.3. The summed E-state index contributed by atoms with van der Waals surface area (Å²) in [6, 6.07) is 1.72. The second-order valence-corrected chi connectivity index (χ2v) is 4.80.